The number of allylic oxidation sites excluding steroid dienone is 8. The number of esters is 4. The monoisotopic (exact) mass is 1430 g/mol. The number of aliphatic hydroxyl groups excluding tert-OH is 1. The first kappa shape index (κ1) is 95.0. The van der Waals surface area contributed by atoms with Crippen molar-refractivity contribution in [2.75, 3.05) is 39.6 Å². The van der Waals surface area contributed by atoms with Crippen LogP contribution in [-0.4, -0.2) is 96.7 Å². The SMILES string of the molecule is CCCCCC/C=C\CCCCCCCCCC(=O)O[C@H](COC(=O)CCCCCCC/C=C\CCCCCCCC)COP(=O)(O)OC[C@@H](O)COP(=O)(O)OC[C@@H](COC(=O)CCCCCCC/C=C\CCCCCCCC)OC(=O)CCCCCCC/C=C\CCCCCC. The van der Waals surface area contributed by atoms with Crippen LogP contribution in [0, 0.1) is 0 Å². The van der Waals surface area contributed by atoms with Crippen molar-refractivity contribution in [1.82, 2.24) is 0 Å². The molecular weight excluding hydrogens is 1280 g/mol. The van der Waals surface area contributed by atoms with E-state index in [2.05, 4.69) is 76.3 Å². The molecule has 574 valence electrons. The third-order valence-electron chi connectivity index (χ3n) is 17.2. The summed E-state index contributed by atoms with van der Waals surface area (Å²) < 4.78 is 68.6. The molecule has 0 bridgehead atoms. The molecule has 0 heterocycles. The zero-order valence-corrected chi connectivity index (χ0v) is 64.5. The summed E-state index contributed by atoms with van der Waals surface area (Å²) >= 11 is 0. The molecule has 0 aliphatic rings. The Kier molecular flexibility index (Phi) is 70.2. The topological polar surface area (TPSA) is 237 Å². The number of phosphoric acid groups is 2. The molecule has 0 spiro atoms. The molecule has 0 aliphatic heterocycles. The third-order valence-corrected chi connectivity index (χ3v) is 19.1. The van der Waals surface area contributed by atoms with Crippen LogP contribution in [0.1, 0.15) is 374 Å². The highest BCUT2D eigenvalue weighted by molar-refractivity contribution is 7.47. The minimum absolute atomic E-state index is 0.0881. The summed E-state index contributed by atoms with van der Waals surface area (Å²) in [7, 11) is -9.94. The van der Waals surface area contributed by atoms with Gasteiger partial charge in [-0.1, -0.05) is 269 Å². The number of ether oxygens (including phenoxy) is 4. The van der Waals surface area contributed by atoms with Gasteiger partial charge < -0.3 is 33.8 Å². The molecule has 17 nitrogen and oxygen atoms in total. The molecule has 0 amide bonds. The smallest absolute Gasteiger partial charge is 0.462 e. The Morgan fingerprint density at radius 1 is 0.276 bits per heavy atom. The molecule has 3 N–H and O–H groups in total. The van der Waals surface area contributed by atoms with Crippen molar-refractivity contribution in [2.45, 2.75) is 393 Å². The van der Waals surface area contributed by atoms with Gasteiger partial charge in [-0.2, -0.15) is 0 Å². The van der Waals surface area contributed by atoms with E-state index in [9.17, 15) is 43.2 Å². The Bertz CT molecular complexity index is 2050. The zero-order valence-electron chi connectivity index (χ0n) is 62.7. The largest absolute Gasteiger partial charge is 0.472 e. The van der Waals surface area contributed by atoms with Crippen LogP contribution in [0.3, 0.4) is 0 Å². The lowest BCUT2D eigenvalue weighted by Gasteiger charge is -2.21. The van der Waals surface area contributed by atoms with E-state index in [0.717, 1.165) is 167 Å². The average molecular weight is 1430 g/mol. The fraction of sp³-hybridized carbons (Fsp3) is 0.848. The molecule has 0 fully saturated rings. The third kappa shape index (κ3) is 71.4. The van der Waals surface area contributed by atoms with Crippen molar-refractivity contribution in [2.24, 2.45) is 0 Å². The van der Waals surface area contributed by atoms with Gasteiger partial charge >= 0.3 is 39.5 Å². The zero-order chi connectivity index (χ0) is 71.8. The maximum absolute atomic E-state index is 13.1. The Balaban J connectivity index is 5.33. The quantitative estimate of drug-likeness (QED) is 0.0169. The highest BCUT2D eigenvalue weighted by atomic mass is 31.2. The highest BCUT2D eigenvalue weighted by Gasteiger charge is 2.30. The second-order valence-electron chi connectivity index (χ2n) is 27.0. The molecule has 0 saturated heterocycles. The van der Waals surface area contributed by atoms with E-state index in [1.165, 1.54) is 128 Å². The summed E-state index contributed by atoms with van der Waals surface area (Å²) in [5.41, 5.74) is 0. The van der Waals surface area contributed by atoms with Crippen LogP contribution >= 0.6 is 15.6 Å². The lowest BCUT2D eigenvalue weighted by molar-refractivity contribution is -0.161. The maximum atomic E-state index is 13.1. The van der Waals surface area contributed by atoms with Gasteiger partial charge in [0.2, 0.25) is 0 Å². The van der Waals surface area contributed by atoms with E-state index in [1.54, 1.807) is 0 Å². The van der Waals surface area contributed by atoms with Crippen LogP contribution < -0.4 is 0 Å². The first-order valence-electron chi connectivity index (χ1n) is 39.9. The lowest BCUT2D eigenvalue weighted by atomic mass is 10.1. The Hall–Kier alpha value is -2.98. The van der Waals surface area contributed by atoms with Gasteiger partial charge in [-0.15, -0.1) is 0 Å². The van der Waals surface area contributed by atoms with E-state index in [0.29, 0.717) is 25.7 Å². The van der Waals surface area contributed by atoms with Crippen molar-refractivity contribution < 1.29 is 80.2 Å². The van der Waals surface area contributed by atoms with Gasteiger partial charge in [-0.25, -0.2) is 9.13 Å². The van der Waals surface area contributed by atoms with Gasteiger partial charge in [0.15, 0.2) is 12.2 Å². The summed E-state index contributed by atoms with van der Waals surface area (Å²) in [5, 5.41) is 10.6. The minimum atomic E-state index is -4.97. The first-order chi connectivity index (χ1) is 47.7. The predicted octanol–water partition coefficient (Wildman–Crippen LogP) is 22.9. The van der Waals surface area contributed by atoms with E-state index in [4.69, 9.17) is 37.0 Å². The Morgan fingerprint density at radius 3 is 0.714 bits per heavy atom. The molecule has 98 heavy (non-hydrogen) atoms. The fourth-order valence-corrected chi connectivity index (χ4v) is 12.7. The van der Waals surface area contributed by atoms with Crippen LogP contribution in [-0.2, 0) is 65.4 Å². The van der Waals surface area contributed by atoms with Crippen molar-refractivity contribution in [1.29, 1.82) is 0 Å². The van der Waals surface area contributed by atoms with Crippen molar-refractivity contribution in [3.05, 3.63) is 48.6 Å². The standard InChI is InChI=1S/C79H146O17P2/c1-5-9-13-17-21-25-29-33-36-40-43-47-51-55-59-63-76(81)89-69-74(95-78(83)65-61-57-53-49-45-39-32-28-24-20-16-12-8-4)71-93-97(85,86)91-67-73(80)68-92-98(87,88)94-72-75(96-79(84)66-62-58-54-50-46-42-38-35-31-27-23-19-15-11-7-3)70-90-77(82)64-60-56-52-48-44-41-37-34-30-26-22-18-14-10-6-2/h27-28,31-34,36-37,73-75,80H,5-26,29-30,35,38-72H2,1-4H3,(H,85,86)(H,87,88)/b31-27-,32-28-,36-33-,37-34-/t73-,74+,75+/m0/s1. The summed E-state index contributed by atoms with van der Waals surface area (Å²) in [6.45, 7) is 4.88. The van der Waals surface area contributed by atoms with Gasteiger partial charge in [0.25, 0.3) is 0 Å². The minimum Gasteiger partial charge on any atom is -0.462 e. The van der Waals surface area contributed by atoms with Gasteiger partial charge in [0.05, 0.1) is 26.4 Å². The van der Waals surface area contributed by atoms with Gasteiger partial charge in [-0.3, -0.25) is 37.3 Å². The number of carbonyl (C=O) groups excluding carboxylic acids is 4. The van der Waals surface area contributed by atoms with E-state index < -0.39 is 97.5 Å². The molecule has 0 aromatic rings. The first-order valence-corrected chi connectivity index (χ1v) is 42.9. The van der Waals surface area contributed by atoms with Crippen LogP contribution in [0.25, 0.3) is 0 Å². The van der Waals surface area contributed by atoms with Gasteiger partial charge in [-0.05, 0) is 128 Å². The maximum Gasteiger partial charge on any atom is 0.472 e. The summed E-state index contributed by atoms with van der Waals surface area (Å²) in [6, 6.07) is 0. The summed E-state index contributed by atoms with van der Waals surface area (Å²) in [6.07, 6.45) is 69.4. The molecule has 2 unspecified atom stereocenters. The fourth-order valence-electron chi connectivity index (χ4n) is 11.1. The van der Waals surface area contributed by atoms with Crippen LogP contribution in [0.2, 0.25) is 0 Å². The van der Waals surface area contributed by atoms with E-state index in [1.807, 2.05) is 0 Å². The average Bonchev–Trinajstić information content (AvgIpc) is 0.984. The van der Waals surface area contributed by atoms with Crippen LogP contribution in [0.15, 0.2) is 48.6 Å². The summed E-state index contributed by atoms with van der Waals surface area (Å²) in [4.78, 5) is 72.9. The van der Waals surface area contributed by atoms with Crippen molar-refractivity contribution in [3.63, 3.8) is 0 Å². The normalized spacial score (nSPS) is 14.2. The second kappa shape index (κ2) is 72.4. The molecule has 0 aromatic heterocycles. The number of carbonyl (C=O) groups is 4. The molecule has 0 radical (unpaired) electrons. The number of phosphoric ester groups is 2. The number of hydrogen-bond acceptors (Lipinski definition) is 15. The van der Waals surface area contributed by atoms with Gasteiger partial charge in [0, 0.05) is 25.7 Å². The lowest BCUT2D eigenvalue weighted by Crippen LogP contribution is -2.30. The molecule has 0 rings (SSSR count). The van der Waals surface area contributed by atoms with E-state index in [-0.39, 0.29) is 25.7 Å². The predicted molar refractivity (Wildman–Crippen MR) is 400 cm³/mol. The Morgan fingerprint density at radius 2 is 0.469 bits per heavy atom. The van der Waals surface area contributed by atoms with Crippen LogP contribution in [0.4, 0.5) is 0 Å². The number of aliphatic hydroxyl groups is 1. The Labute approximate surface area is 597 Å². The number of unbranched alkanes of at least 4 members (excludes halogenated alkanes) is 42. The highest BCUT2D eigenvalue weighted by Crippen LogP contribution is 2.45. The van der Waals surface area contributed by atoms with E-state index >= 15 is 0 Å². The van der Waals surface area contributed by atoms with Crippen LogP contribution in [0.5, 0.6) is 0 Å². The number of rotatable bonds is 76. The molecule has 0 saturated carbocycles. The van der Waals surface area contributed by atoms with Gasteiger partial charge in [0.1, 0.15) is 19.3 Å². The molecular formula is C79H146O17P2. The second-order valence-corrected chi connectivity index (χ2v) is 29.9. The number of hydrogen-bond donors (Lipinski definition) is 3. The van der Waals surface area contributed by atoms with Crippen molar-refractivity contribution in [3.8, 4) is 0 Å². The molecule has 19 heteroatoms. The molecule has 5 atom stereocenters. The van der Waals surface area contributed by atoms with Crippen molar-refractivity contribution >= 4 is 39.5 Å². The molecule has 0 aromatic carbocycles. The molecule has 0 aliphatic carbocycles. The summed E-state index contributed by atoms with van der Waals surface area (Å²) in [5.74, 6) is -2.17.